The Labute approximate surface area is 135 Å². The molecule has 22 heavy (non-hydrogen) atoms. The molecule has 0 aliphatic heterocycles. The molecule has 4 heteroatoms. The summed E-state index contributed by atoms with van der Waals surface area (Å²) >= 11 is 1.72. The highest BCUT2D eigenvalue weighted by Crippen LogP contribution is 2.33. The quantitative estimate of drug-likeness (QED) is 0.686. The number of unbranched alkanes of at least 4 members (excludes halogenated alkanes) is 1. The summed E-state index contributed by atoms with van der Waals surface area (Å²) in [5.74, 6) is 0.896. The number of nitrogens with zero attached hydrogens (tertiary/aromatic N) is 2. The van der Waals surface area contributed by atoms with E-state index in [2.05, 4.69) is 60.3 Å². The third-order valence-electron chi connectivity index (χ3n) is 4.00. The fourth-order valence-electron chi connectivity index (χ4n) is 2.55. The van der Waals surface area contributed by atoms with E-state index in [1.165, 1.54) is 28.8 Å². The summed E-state index contributed by atoms with van der Waals surface area (Å²) in [6.07, 6.45) is 5.26. The molecule has 3 nitrogen and oxygen atoms in total. The Bertz CT molecular complexity index is 775. The number of hydrogen-bond donors (Lipinski definition) is 1. The first-order valence-corrected chi connectivity index (χ1v) is 8.57. The summed E-state index contributed by atoms with van der Waals surface area (Å²) in [6.45, 7) is 6.49. The lowest BCUT2D eigenvalue weighted by atomic mass is 10.1. The van der Waals surface area contributed by atoms with Crippen LogP contribution < -0.4 is 5.32 Å². The molecule has 2 aromatic heterocycles. The fourth-order valence-corrected chi connectivity index (χ4v) is 3.55. The first-order chi connectivity index (χ1) is 10.7. The summed E-state index contributed by atoms with van der Waals surface area (Å²) in [6, 6.07) is 8.66. The maximum Gasteiger partial charge on any atom is 0.142 e. The van der Waals surface area contributed by atoms with Crippen molar-refractivity contribution in [2.24, 2.45) is 0 Å². The number of aromatic nitrogens is 2. The molecule has 2 heterocycles. The number of anilines is 2. The topological polar surface area (TPSA) is 37.8 Å². The number of benzene rings is 1. The molecule has 0 saturated heterocycles. The van der Waals surface area contributed by atoms with Gasteiger partial charge < -0.3 is 5.32 Å². The van der Waals surface area contributed by atoms with Gasteiger partial charge in [-0.25, -0.2) is 9.97 Å². The smallest absolute Gasteiger partial charge is 0.142 e. The maximum atomic E-state index is 4.43. The zero-order chi connectivity index (χ0) is 15.5. The Morgan fingerprint density at radius 3 is 2.59 bits per heavy atom. The van der Waals surface area contributed by atoms with Crippen molar-refractivity contribution in [2.75, 3.05) is 5.32 Å². The number of aryl methyl sites for hydroxylation is 3. The summed E-state index contributed by atoms with van der Waals surface area (Å²) in [5.41, 5.74) is 3.73. The number of fused-ring (bicyclic) bond motifs is 1. The van der Waals surface area contributed by atoms with Crippen LogP contribution in [0.1, 0.15) is 35.8 Å². The zero-order valence-corrected chi connectivity index (χ0v) is 14.1. The molecule has 0 atom stereocenters. The van der Waals surface area contributed by atoms with Gasteiger partial charge in [-0.15, -0.1) is 11.3 Å². The fraction of sp³-hybridized carbons (Fsp3) is 0.333. The second-order valence-electron chi connectivity index (χ2n) is 5.61. The van der Waals surface area contributed by atoms with E-state index in [9.17, 15) is 0 Å². The number of thiophene rings is 1. The lowest BCUT2D eigenvalue weighted by Crippen LogP contribution is -1.96. The van der Waals surface area contributed by atoms with Crippen molar-refractivity contribution in [1.29, 1.82) is 0 Å². The standard InChI is InChI=1S/C18H21N3S/c1-4-5-6-14-7-9-15(10-8-14)21-17-16-12(2)13(3)22-18(16)20-11-19-17/h7-11H,4-6H2,1-3H3,(H,19,20,21). The van der Waals surface area contributed by atoms with Crippen LogP contribution in [-0.4, -0.2) is 9.97 Å². The molecule has 0 aliphatic rings. The number of rotatable bonds is 5. The molecule has 0 radical (unpaired) electrons. The second-order valence-corrected chi connectivity index (χ2v) is 6.81. The molecular weight excluding hydrogens is 290 g/mol. The molecule has 1 N–H and O–H groups in total. The van der Waals surface area contributed by atoms with Crippen molar-refractivity contribution >= 4 is 33.1 Å². The molecule has 3 aromatic rings. The van der Waals surface area contributed by atoms with E-state index in [0.717, 1.165) is 28.1 Å². The monoisotopic (exact) mass is 311 g/mol. The largest absolute Gasteiger partial charge is 0.340 e. The van der Waals surface area contributed by atoms with E-state index >= 15 is 0 Å². The Morgan fingerprint density at radius 2 is 1.86 bits per heavy atom. The van der Waals surface area contributed by atoms with Gasteiger partial charge in [0.05, 0.1) is 5.39 Å². The first kappa shape index (κ1) is 15.0. The minimum atomic E-state index is 0.896. The Kier molecular flexibility index (Phi) is 4.39. The molecule has 0 aliphatic carbocycles. The van der Waals surface area contributed by atoms with Crippen molar-refractivity contribution in [2.45, 2.75) is 40.0 Å². The van der Waals surface area contributed by atoms with E-state index in [0.29, 0.717) is 0 Å². The van der Waals surface area contributed by atoms with Crippen LogP contribution in [0.2, 0.25) is 0 Å². The van der Waals surface area contributed by atoms with Crippen LogP contribution in [0, 0.1) is 13.8 Å². The van der Waals surface area contributed by atoms with Crippen LogP contribution in [0.3, 0.4) is 0 Å². The Balaban J connectivity index is 1.87. The van der Waals surface area contributed by atoms with Crippen LogP contribution in [0.15, 0.2) is 30.6 Å². The van der Waals surface area contributed by atoms with Gasteiger partial charge in [-0.05, 0) is 49.9 Å². The van der Waals surface area contributed by atoms with Gasteiger partial charge in [0.2, 0.25) is 0 Å². The van der Waals surface area contributed by atoms with Gasteiger partial charge in [-0.1, -0.05) is 25.5 Å². The second kappa shape index (κ2) is 6.44. The molecule has 1 aromatic carbocycles. The third-order valence-corrected chi connectivity index (χ3v) is 5.12. The van der Waals surface area contributed by atoms with Crippen molar-refractivity contribution in [3.63, 3.8) is 0 Å². The van der Waals surface area contributed by atoms with Gasteiger partial charge >= 0.3 is 0 Å². The van der Waals surface area contributed by atoms with Crippen LogP contribution >= 0.6 is 11.3 Å². The summed E-state index contributed by atoms with van der Waals surface area (Å²) in [7, 11) is 0. The Hall–Kier alpha value is -1.94. The van der Waals surface area contributed by atoms with Gasteiger partial charge in [0.15, 0.2) is 0 Å². The van der Waals surface area contributed by atoms with Gasteiger partial charge in [0.25, 0.3) is 0 Å². The minimum Gasteiger partial charge on any atom is -0.340 e. The van der Waals surface area contributed by atoms with Gasteiger partial charge in [0, 0.05) is 10.6 Å². The van der Waals surface area contributed by atoms with E-state index in [1.807, 2.05) is 0 Å². The average molecular weight is 311 g/mol. The predicted molar refractivity (Wildman–Crippen MR) is 95.2 cm³/mol. The lowest BCUT2D eigenvalue weighted by Gasteiger charge is -2.08. The zero-order valence-electron chi connectivity index (χ0n) is 13.3. The van der Waals surface area contributed by atoms with Crippen LogP contribution in [0.5, 0.6) is 0 Å². The van der Waals surface area contributed by atoms with Crippen LogP contribution in [0.25, 0.3) is 10.2 Å². The Morgan fingerprint density at radius 1 is 1.09 bits per heavy atom. The molecule has 0 fully saturated rings. The minimum absolute atomic E-state index is 0.896. The van der Waals surface area contributed by atoms with Crippen LogP contribution in [0.4, 0.5) is 11.5 Å². The molecule has 0 amide bonds. The third kappa shape index (κ3) is 2.97. The summed E-state index contributed by atoms with van der Waals surface area (Å²) in [4.78, 5) is 11.2. The van der Waals surface area contributed by atoms with E-state index < -0.39 is 0 Å². The SMILES string of the molecule is CCCCc1ccc(Nc2ncnc3sc(C)c(C)c23)cc1. The summed E-state index contributed by atoms with van der Waals surface area (Å²) in [5, 5.41) is 4.58. The van der Waals surface area contributed by atoms with Crippen molar-refractivity contribution < 1.29 is 0 Å². The van der Waals surface area contributed by atoms with E-state index in [4.69, 9.17) is 0 Å². The number of hydrogen-bond acceptors (Lipinski definition) is 4. The van der Waals surface area contributed by atoms with Crippen molar-refractivity contribution in [1.82, 2.24) is 9.97 Å². The van der Waals surface area contributed by atoms with Gasteiger partial charge in [0.1, 0.15) is 17.0 Å². The summed E-state index contributed by atoms with van der Waals surface area (Å²) < 4.78 is 0. The molecule has 0 unspecified atom stereocenters. The normalized spacial score (nSPS) is 11.0. The average Bonchev–Trinajstić information content (AvgIpc) is 2.82. The van der Waals surface area contributed by atoms with Gasteiger partial charge in [-0.3, -0.25) is 0 Å². The molecule has 0 saturated carbocycles. The maximum absolute atomic E-state index is 4.43. The molecule has 114 valence electrons. The van der Waals surface area contributed by atoms with Crippen molar-refractivity contribution in [3.05, 3.63) is 46.6 Å². The molecular formula is C18H21N3S. The first-order valence-electron chi connectivity index (χ1n) is 7.75. The molecule has 3 rings (SSSR count). The highest BCUT2D eigenvalue weighted by Gasteiger charge is 2.11. The van der Waals surface area contributed by atoms with Crippen molar-refractivity contribution in [3.8, 4) is 0 Å². The highest BCUT2D eigenvalue weighted by atomic mass is 32.1. The lowest BCUT2D eigenvalue weighted by molar-refractivity contribution is 0.795. The highest BCUT2D eigenvalue weighted by molar-refractivity contribution is 7.18. The van der Waals surface area contributed by atoms with Gasteiger partial charge in [-0.2, -0.15) is 0 Å². The number of nitrogens with one attached hydrogen (secondary N) is 1. The van der Waals surface area contributed by atoms with E-state index in [-0.39, 0.29) is 0 Å². The molecule has 0 bridgehead atoms. The van der Waals surface area contributed by atoms with E-state index in [1.54, 1.807) is 17.7 Å². The molecule has 0 spiro atoms. The predicted octanol–water partition coefficient (Wildman–Crippen LogP) is 5.39. The van der Waals surface area contributed by atoms with Crippen LogP contribution in [-0.2, 0) is 6.42 Å².